The van der Waals surface area contributed by atoms with E-state index in [-0.39, 0.29) is 53.5 Å². The summed E-state index contributed by atoms with van der Waals surface area (Å²) in [7, 11) is 2.66. The molecule has 2 N–H and O–H groups in total. The van der Waals surface area contributed by atoms with E-state index in [9.17, 15) is 19.2 Å². The van der Waals surface area contributed by atoms with Crippen LogP contribution in [0.4, 0.5) is 4.79 Å². The first-order valence-corrected chi connectivity index (χ1v) is 21.4. The fraction of sp³-hybridized carbons (Fsp3) is 0.574. The number of carbonyl (C=O) groups is 4. The van der Waals surface area contributed by atoms with Crippen molar-refractivity contribution in [2.75, 3.05) is 27.3 Å². The zero-order valence-corrected chi connectivity index (χ0v) is 35.4. The Labute approximate surface area is 348 Å². The topological polar surface area (TPSA) is 146 Å². The van der Waals surface area contributed by atoms with E-state index in [1.807, 2.05) is 38.8 Å². The van der Waals surface area contributed by atoms with Crippen LogP contribution in [-0.4, -0.2) is 88.7 Å². The van der Waals surface area contributed by atoms with Crippen molar-refractivity contribution in [2.24, 2.45) is 28.2 Å². The number of carbonyl (C=O) groups excluding carboxylic acids is 4. The molecule has 7 rings (SSSR count). The predicted molar refractivity (Wildman–Crippen MR) is 224 cm³/mol. The Balaban J connectivity index is 1.06. The van der Waals surface area contributed by atoms with Crippen LogP contribution in [0.25, 0.3) is 0 Å². The number of aliphatic imine (C=N–C) groups is 1. The molecule has 312 valence electrons. The van der Waals surface area contributed by atoms with Crippen molar-refractivity contribution in [3.63, 3.8) is 0 Å². The van der Waals surface area contributed by atoms with Gasteiger partial charge < -0.3 is 29.6 Å². The maximum Gasteiger partial charge on any atom is 0.407 e. The number of nitrogens with one attached hydrogen (secondary N) is 2. The van der Waals surface area contributed by atoms with Crippen molar-refractivity contribution < 1.29 is 28.7 Å². The van der Waals surface area contributed by atoms with E-state index in [0.29, 0.717) is 31.0 Å². The molecule has 3 fully saturated rings. The summed E-state index contributed by atoms with van der Waals surface area (Å²) < 4.78 is 9.68. The summed E-state index contributed by atoms with van der Waals surface area (Å²) in [4.78, 5) is 68.0. The molecule has 1 spiro atoms. The highest BCUT2D eigenvalue weighted by Crippen LogP contribution is 2.50. The smallest absolute Gasteiger partial charge is 0.407 e. The highest BCUT2D eigenvalue weighted by atomic mass is 16.5. The van der Waals surface area contributed by atoms with Gasteiger partial charge in [-0.15, -0.1) is 0 Å². The Kier molecular flexibility index (Phi) is 12.7. The normalized spacial score (nSPS) is 21.4. The average molecular weight is 803 g/mol. The molecule has 0 bridgehead atoms. The first-order valence-electron chi connectivity index (χ1n) is 21.4. The number of H-pyrrole nitrogens is 1. The van der Waals surface area contributed by atoms with Crippen LogP contribution in [0.2, 0.25) is 0 Å². The van der Waals surface area contributed by atoms with Gasteiger partial charge in [-0.3, -0.25) is 19.4 Å². The number of imidazole rings is 1. The van der Waals surface area contributed by atoms with E-state index >= 15 is 0 Å². The summed E-state index contributed by atoms with van der Waals surface area (Å²) in [5.41, 5.74) is 7.50. The molecule has 12 nitrogen and oxygen atoms in total. The van der Waals surface area contributed by atoms with Gasteiger partial charge in [0.05, 0.1) is 44.8 Å². The summed E-state index contributed by atoms with van der Waals surface area (Å²) >= 11 is 0. The number of aromatic amines is 1. The Morgan fingerprint density at radius 1 is 0.847 bits per heavy atom. The van der Waals surface area contributed by atoms with Crippen molar-refractivity contribution in [1.29, 1.82) is 0 Å². The fourth-order valence-electron chi connectivity index (χ4n) is 9.86. The van der Waals surface area contributed by atoms with E-state index in [0.717, 1.165) is 60.9 Å². The van der Waals surface area contributed by atoms with Gasteiger partial charge in [0.2, 0.25) is 11.8 Å². The number of esters is 1. The number of aromatic nitrogens is 2. The zero-order chi connectivity index (χ0) is 41.8. The number of alkyl carbamates (subject to hydrolysis) is 1. The summed E-state index contributed by atoms with van der Waals surface area (Å²) in [6, 6.07) is 3.21. The van der Waals surface area contributed by atoms with Gasteiger partial charge in [0.15, 0.2) is 0 Å². The lowest BCUT2D eigenvalue weighted by atomic mass is 9.83. The standard InChI is InChI=1S/C47H58N6O6/c1-29(2)35(24-41(54)58-5)44(55)52-21-9-11-39(52)38-23-31(27-48-38)13-14-32-15-16-33(37-26-47(25-36(32)37)19-7-8-20-47)17-18-34-28-49-43(50-34)40-12-10-22-53(40)45(56)42(30(3)4)51-46(57)59-6/h15-16,27-30,35,39-40,42H,7-12,19-26H2,1-6H3,(H,49,50)(H,51,57)/t35-,39-,40-,42-/m0/s1. The number of allylic oxidation sites excluding steroid dienone is 1. The van der Waals surface area contributed by atoms with E-state index in [1.54, 1.807) is 11.1 Å². The lowest BCUT2D eigenvalue weighted by molar-refractivity contribution is -0.148. The monoisotopic (exact) mass is 802 g/mol. The summed E-state index contributed by atoms with van der Waals surface area (Å²) in [5.74, 6) is 13.5. The molecule has 1 aromatic heterocycles. The summed E-state index contributed by atoms with van der Waals surface area (Å²) in [5, 5.41) is 2.71. The van der Waals surface area contributed by atoms with Crippen LogP contribution < -0.4 is 5.32 Å². The third kappa shape index (κ3) is 8.98. The quantitative estimate of drug-likeness (QED) is 0.220. The summed E-state index contributed by atoms with van der Waals surface area (Å²) in [6.45, 7) is 9.02. The van der Waals surface area contributed by atoms with Crippen LogP contribution in [0.5, 0.6) is 0 Å². The molecule has 2 saturated heterocycles. The van der Waals surface area contributed by atoms with Gasteiger partial charge in [-0.2, -0.15) is 0 Å². The van der Waals surface area contributed by atoms with Crippen LogP contribution in [0, 0.1) is 46.9 Å². The van der Waals surface area contributed by atoms with Gasteiger partial charge in [0.25, 0.3) is 0 Å². The minimum Gasteiger partial charge on any atom is -0.469 e. The van der Waals surface area contributed by atoms with Gasteiger partial charge >= 0.3 is 12.1 Å². The van der Waals surface area contributed by atoms with Gasteiger partial charge in [0.1, 0.15) is 17.6 Å². The molecular weight excluding hydrogens is 745 g/mol. The maximum atomic E-state index is 13.7. The fourth-order valence-corrected chi connectivity index (χ4v) is 9.86. The first-order chi connectivity index (χ1) is 28.4. The second-order valence-corrected chi connectivity index (χ2v) is 17.7. The van der Waals surface area contributed by atoms with Crippen molar-refractivity contribution in [3.05, 3.63) is 63.9 Å². The van der Waals surface area contributed by atoms with Gasteiger partial charge in [-0.25, -0.2) is 9.78 Å². The minimum atomic E-state index is -0.695. The van der Waals surface area contributed by atoms with E-state index in [1.165, 1.54) is 51.0 Å². The van der Waals surface area contributed by atoms with Crippen molar-refractivity contribution in [2.45, 2.75) is 123 Å². The zero-order valence-electron chi connectivity index (χ0n) is 35.4. The number of hydrogen-bond acceptors (Lipinski definition) is 8. The molecule has 3 aliphatic heterocycles. The molecule has 59 heavy (non-hydrogen) atoms. The number of amides is 3. The number of rotatable bonds is 9. The lowest BCUT2D eigenvalue weighted by Gasteiger charge is -2.30. The van der Waals surface area contributed by atoms with Gasteiger partial charge in [-0.05, 0) is 97.8 Å². The largest absolute Gasteiger partial charge is 0.469 e. The molecule has 3 amide bonds. The third-order valence-electron chi connectivity index (χ3n) is 13.1. The first kappa shape index (κ1) is 41.8. The Morgan fingerprint density at radius 3 is 2.12 bits per heavy atom. The molecule has 4 atom stereocenters. The molecule has 0 unspecified atom stereocenters. The van der Waals surface area contributed by atoms with Gasteiger partial charge in [0, 0.05) is 48.1 Å². The molecule has 1 saturated carbocycles. The SMILES string of the molecule is COC(=O)C[C@H](C(=O)N1CCC[C@H]1C1=NC=C(C#Cc2ccc(C#Cc3cnc([C@@H]4CCCN4C(=O)[C@@H](NC(=O)OC)C(C)C)[nH]3)c3c2CC2(CCCC2)C3)C1)C(C)C. The molecule has 0 radical (unpaired) electrons. The highest BCUT2D eigenvalue weighted by molar-refractivity contribution is 5.98. The third-order valence-corrected chi connectivity index (χ3v) is 13.1. The number of benzene rings is 1. The van der Waals surface area contributed by atoms with Crippen LogP contribution in [0.3, 0.4) is 0 Å². The maximum absolute atomic E-state index is 13.7. The van der Waals surface area contributed by atoms with Gasteiger partial charge in [-0.1, -0.05) is 58.3 Å². The highest BCUT2D eigenvalue weighted by Gasteiger charge is 2.42. The van der Waals surface area contributed by atoms with Crippen LogP contribution in [0.15, 0.2) is 35.1 Å². The number of nitrogens with zero attached hydrogens (tertiary/aromatic N) is 4. The number of likely N-dealkylation sites (tertiary alicyclic amines) is 2. The molecule has 1 aromatic carbocycles. The average Bonchev–Trinajstić information content (AvgIpc) is 4.08. The lowest BCUT2D eigenvalue weighted by Crippen LogP contribution is -2.51. The molecule has 2 aromatic rings. The molecule has 4 heterocycles. The molecular formula is C47H58N6O6. The van der Waals surface area contributed by atoms with E-state index in [4.69, 9.17) is 14.5 Å². The predicted octanol–water partition coefficient (Wildman–Crippen LogP) is 6.42. The Hall–Kier alpha value is -5.36. The van der Waals surface area contributed by atoms with Crippen molar-refractivity contribution >= 4 is 29.6 Å². The van der Waals surface area contributed by atoms with E-state index < -0.39 is 18.1 Å². The number of ether oxygens (including phenoxy) is 2. The molecule has 5 aliphatic rings. The second kappa shape index (κ2) is 17.9. The molecule has 12 heteroatoms. The Bertz CT molecular complexity index is 2150. The van der Waals surface area contributed by atoms with Crippen molar-refractivity contribution in [1.82, 2.24) is 25.1 Å². The van der Waals surface area contributed by atoms with E-state index in [2.05, 4.69) is 51.1 Å². The van der Waals surface area contributed by atoms with Crippen molar-refractivity contribution in [3.8, 4) is 23.7 Å². The number of fused-ring (bicyclic) bond motifs is 1. The minimum absolute atomic E-state index is 0.00119. The second-order valence-electron chi connectivity index (χ2n) is 17.7. The van der Waals surface area contributed by atoms with Crippen LogP contribution >= 0.6 is 0 Å². The number of methoxy groups -OCH3 is 2. The Morgan fingerprint density at radius 2 is 1.49 bits per heavy atom. The summed E-state index contributed by atoms with van der Waals surface area (Å²) in [6.07, 6.45) is 14.0. The van der Waals surface area contributed by atoms with Crippen LogP contribution in [0.1, 0.15) is 132 Å². The molecule has 2 aliphatic carbocycles. The van der Waals surface area contributed by atoms with Crippen LogP contribution in [-0.2, 0) is 36.7 Å². The number of hydrogen-bond donors (Lipinski definition) is 2.